The maximum atomic E-state index is 11.6. The second kappa shape index (κ2) is 5.58. The first-order valence-electron chi connectivity index (χ1n) is 5.08. The highest BCUT2D eigenvalue weighted by molar-refractivity contribution is 7.87. The molecule has 0 radical (unpaired) electrons. The number of nitrogens with zero attached hydrogens (tertiary/aromatic N) is 1. The van der Waals surface area contributed by atoms with Crippen molar-refractivity contribution in [3.8, 4) is 0 Å². The van der Waals surface area contributed by atoms with Crippen molar-refractivity contribution in [2.45, 2.75) is 24.7 Å². The van der Waals surface area contributed by atoms with Crippen LogP contribution in [0.3, 0.4) is 0 Å². The summed E-state index contributed by atoms with van der Waals surface area (Å²) in [7, 11) is -4.20. The van der Waals surface area contributed by atoms with E-state index in [0.29, 0.717) is 6.42 Å². The Morgan fingerprint density at radius 2 is 1.89 bits per heavy atom. The van der Waals surface area contributed by atoms with E-state index in [-0.39, 0.29) is 17.0 Å². The average molecular weight is 273 g/mol. The molecule has 0 aromatic heterocycles. The van der Waals surface area contributed by atoms with E-state index in [4.69, 9.17) is 0 Å². The van der Waals surface area contributed by atoms with Crippen molar-refractivity contribution in [1.82, 2.24) is 0 Å². The molecule has 0 aliphatic rings. The van der Waals surface area contributed by atoms with Gasteiger partial charge in [-0.25, -0.2) is 0 Å². The largest absolute Gasteiger partial charge is 0.342 e. The van der Waals surface area contributed by atoms with Crippen LogP contribution >= 0.6 is 0 Å². The van der Waals surface area contributed by atoms with Gasteiger partial charge in [0.25, 0.3) is 5.69 Å². The number of carbonyl (C=O) groups excluding carboxylic acids is 1. The second-order valence-electron chi connectivity index (χ2n) is 3.41. The molecule has 0 saturated heterocycles. The van der Waals surface area contributed by atoms with Gasteiger partial charge in [0.2, 0.25) is 0 Å². The summed E-state index contributed by atoms with van der Waals surface area (Å²) < 4.78 is 27.5. The minimum Gasteiger partial charge on any atom is -0.342 e. The summed E-state index contributed by atoms with van der Waals surface area (Å²) in [5, 5.41) is 10.4. The van der Waals surface area contributed by atoms with E-state index in [1.165, 1.54) is 0 Å². The molecule has 98 valence electrons. The molecule has 0 bridgehead atoms. The zero-order chi connectivity index (χ0) is 13.8. The summed E-state index contributed by atoms with van der Waals surface area (Å²) in [4.78, 5) is 20.5. The van der Waals surface area contributed by atoms with E-state index in [2.05, 4.69) is 4.18 Å². The Morgan fingerprint density at radius 1 is 1.33 bits per heavy atom. The van der Waals surface area contributed by atoms with Gasteiger partial charge >= 0.3 is 16.1 Å². The molecule has 1 aromatic carbocycles. The predicted molar refractivity (Wildman–Crippen MR) is 61.3 cm³/mol. The summed E-state index contributed by atoms with van der Waals surface area (Å²) in [5.41, 5.74) is -0.242. The molecular formula is C10H11NO6S. The van der Waals surface area contributed by atoms with Gasteiger partial charge in [0.1, 0.15) is 4.90 Å². The second-order valence-corrected chi connectivity index (χ2v) is 4.96. The van der Waals surface area contributed by atoms with Crippen LogP contribution in [0.15, 0.2) is 29.2 Å². The standard InChI is InChI=1S/C10H11NO6S/c1-2-3-10(12)17-18(15,16)9-6-4-8(5-7-9)11(13)14/h4-7H,2-3H2,1H3. The molecule has 0 aliphatic carbocycles. The molecule has 0 fully saturated rings. The summed E-state index contributed by atoms with van der Waals surface area (Å²) in [5.74, 6) is -0.851. The number of rotatable bonds is 5. The van der Waals surface area contributed by atoms with Gasteiger partial charge in [-0.2, -0.15) is 8.42 Å². The number of nitro benzene ring substituents is 1. The van der Waals surface area contributed by atoms with E-state index < -0.39 is 21.0 Å². The van der Waals surface area contributed by atoms with Crippen molar-refractivity contribution in [2.24, 2.45) is 0 Å². The maximum Gasteiger partial charge on any atom is 0.341 e. The molecule has 0 atom stereocenters. The molecule has 7 nitrogen and oxygen atoms in total. The molecule has 0 saturated carbocycles. The molecule has 8 heteroatoms. The minimum atomic E-state index is -4.20. The van der Waals surface area contributed by atoms with Crippen LogP contribution in [0, 0.1) is 10.1 Å². The minimum absolute atomic E-state index is 0.00773. The van der Waals surface area contributed by atoms with Crippen LogP contribution in [0.4, 0.5) is 5.69 Å². The van der Waals surface area contributed by atoms with Crippen LogP contribution in [0.2, 0.25) is 0 Å². The Hall–Kier alpha value is -1.96. The summed E-state index contributed by atoms with van der Waals surface area (Å²) in [6.07, 6.45) is 0.459. The smallest absolute Gasteiger partial charge is 0.341 e. The van der Waals surface area contributed by atoms with Crippen LogP contribution in [-0.2, 0) is 19.1 Å². The Balaban J connectivity index is 2.92. The molecule has 1 aromatic rings. The van der Waals surface area contributed by atoms with Crippen molar-refractivity contribution in [3.63, 3.8) is 0 Å². The van der Waals surface area contributed by atoms with Crippen LogP contribution < -0.4 is 0 Å². The third-order valence-electron chi connectivity index (χ3n) is 1.99. The van der Waals surface area contributed by atoms with E-state index >= 15 is 0 Å². The predicted octanol–water partition coefficient (Wildman–Crippen LogP) is 1.63. The Labute approximate surface area is 104 Å². The summed E-state index contributed by atoms with van der Waals surface area (Å²) in [6.45, 7) is 1.71. The van der Waals surface area contributed by atoms with Crippen molar-refractivity contribution in [2.75, 3.05) is 0 Å². The van der Waals surface area contributed by atoms with Crippen LogP contribution in [-0.4, -0.2) is 19.3 Å². The zero-order valence-corrected chi connectivity index (χ0v) is 10.3. The first-order chi connectivity index (χ1) is 8.36. The van der Waals surface area contributed by atoms with E-state index in [0.717, 1.165) is 24.3 Å². The van der Waals surface area contributed by atoms with Crippen molar-refractivity contribution in [3.05, 3.63) is 34.4 Å². The van der Waals surface area contributed by atoms with Crippen molar-refractivity contribution in [1.29, 1.82) is 0 Å². The number of nitro groups is 1. The molecular weight excluding hydrogens is 262 g/mol. The highest BCUT2D eigenvalue weighted by atomic mass is 32.2. The number of carbonyl (C=O) groups is 1. The Morgan fingerprint density at radius 3 is 2.33 bits per heavy atom. The number of non-ortho nitro benzene ring substituents is 1. The lowest BCUT2D eigenvalue weighted by Crippen LogP contribution is -2.12. The van der Waals surface area contributed by atoms with Crippen molar-refractivity contribution >= 4 is 21.8 Å². The number of hydrogen-bond donors (Lipinski definition) is 0. The van der Waals surface area contributed by atoms with Gasteiger partial charge in [-0.1, -0.05) is 6.92 Å². The monoisotopic (exact) mass is 273 g/mol. The molecule has 1 rings (SSSR count). The molecule has 0 heterocycles. The lowest BCUT2D eigenvalue weighted by atomic mass is 10.3. The van der Waals surface area contributed by atoms with Gasteiger partial charge in [0, 0.05) is 18.6 Å². The topological polar surface area (TPSA) is 104 Å². The van der Waals surface area contributed by atoms with Gasteiger partial charge in [-0.3, -0.25) is 14.9 Å². The van der Waals surface area contributed by atoms with Crippen LogP contribution in [0.1, 0.15) is 19.8 Å². The third-order valence-corrected chi connectivity index (χ3v) is 3.25. The normalized spacial score (nSPS) is 10.9. The number of hydrogen-bond acceptors (Lipinski definition) is 6. The summed E-state index contributed by atoms with van der Waals surface area (Å²) >= 11 is 0. The molecule has 0 unspecified atom stereocenters. The Bertz CT molecular complexity index is 548. The zero-order valence-electron chi connectivity index (χ0n) is 9.53. The third kappa shape index (κ3) is 3.52. The lowest BCUT2D eigenvalue weighted by Gasteiger charge is -2.04. The first-order valence-corrected chi connectivity index (χ1v) is 6.49. The highest BCUT2D eigenvalue weighted by Gasteiger charge is 2.20. The van der Waals surface area contributed by atoms with E-state index in [1.54, 1.807) is 6.92 Å². The fraction of sp³-hybridized carbons (Fsp3) is 0.300. The van der Waals surface area contributed by atoms with Gasteiger partial charge in [0.15, 0.2) is 0 Å². The van der Waals surface area contributed by atoms with Gasteiger partial charge in [0.05, 0.1) is 4.92 Å². The molecule has 18 heavy (non-hydrogen) atoms. The molecule has 0 N–H and O–H groups in total. The quantitative estimate of drug-likeness (QED) is 0.458. The SMILES string of the molecule is CCCC(=O)OS(=O)(=O)c1ccc([N+](=O)[O-])cc1. The number of benzene rings is 1. The summed E-state index contributed by atoms with van der Waals surface area (Å²) in [6, 6.07) is 4.10. The average Bonchev–Trinajstić information content (AvgIpc) is 2.28. The fourth-order valence-electron chi connectivity index (χ4n) is 1.15. The lowest BCUT2D eigenvalue weighted by molar-refractivity contribution is -0.384. The highest BCUT2D eigenvalue weighted by Crippen LogP contribution is 2.18. The maximum absolute atomic E-state index is 11.6. The van der Waals surface area contributed by atoms with Gasteiger partial charge in [-0.15, -0.1) is 0 Å². The first kappa shape index (κ1) is 14.1. The Kier molecular flexibility index (Phi) is 4.38. The molecule has 0 spiro atoms. The van der Waals surface area contributed by atoms with Crippen LogP contribution in [0.5, 0.6) is 0 Å². The van der Waals surface area contributed by atoms with Crippen molar-refractivity contribution < 1.29 is 22.3 Å². The molecule has 0 amide bonds. The van der Waals surface area contributed by atoms with E-state index in [1.807, 2.05) is 0 Å². The van der Waals surface area contributed by atoms with Gasteiger partial charge in [-0.05, 0) is 18.6 Å². The fourth-order valence-corrected chi connectivity index (χ4v) is 2.04. The van der Waals surface area contributed by atoms with E-state index in [9.17, 15) is 23.3 Å². The molecule has 0 aliphatic heterocycles. The van der Waals surface area contributed by atoms with Gasteiger partial charge < -0.3 is 4.18 Å². The van der Waals surface area contributed by atoms with Crippen LogP contribution in [0.25, 0.3) is 0 Å².